The summed E-state index contributed by atoms with van der Waals surface area (Å²) in [6.07, 6.45) is 0.227. The van der Waals surface area contributed by atoms with Gasteiger partial charge in [-0.2, -0.15) is 0 Å². The van der Waals surface area contributed by atoms with E-state index in [2.05, 4.69) is 10.3 Å². The van der Waals surface area contributed by atoms with Crippen molar-refractivity contribution in [1.82, 2.24) is 10.3 Å². The summed E-state index contributed by atoms with van der Waals surface area (Å²) in [4.78, 5) is 36.9. The van der Waals surface area contributed by atoms with E-state index in [1.807, 2.05) is 57.2 Å². The first-order valence-corrected chi connectivity index (χ1v) is 14.1. The lowest BCUT2D eigenvalue weighted by Crippen LogP contribution is -2.49. The molecule has 3 N–H and O–H groups in total. The molecular formula is C30H49N5O9. The number of nitrogens with zero attached hydrogens (tertiary/aromatic N) is 3. The summed E-state index contributed by atoms with van der Waals surface area (Å²) < 4.78 is 21.3. The number of nitrogens with one attached hydrogen (secondary N) is 1. The highest BCUT2D eigenvalue weighted by Crippen LogP contribution is 2.15. The fraction of sp³-hybridized carbons (Fsp3) is 0.600. The molecule has 0 saturated heterocycles. The number of carbonyl (C=O) groups is 1. The molecule has 1 aromatic heterocycles. The molecule has 14 heteroatoms. The SMILES string of the molecule is C.CCC(CC)O[C@H](OC)[C@H](C)C[N+](=O)[O-].CO[C@@H](Cc1cc(C)cc(N)n1)[C@@H](C[N+](=O)[O-])NC(=O)OCc1ccccc1. The van der Waals surface area contributed by atoms with Gasteiger partial charge in [0.2, 0.25) is 13.1 Å². The van der Waals surface area contributed by atoms with Crippen molar-refractivity contribution in [3.8, 4) is 0 Å². The Morgan fingerprint density at radius 1 is 1.02 bits per heavy atom. The maximum Gasteiger partial charge on any atom is 0.408 e. The third kappa shape index (κ3) is 16.1. The van der Waals surface area contributed by atoms with Crippen LogP contribution in [0.15, 0.2) is 42.5 Å². The van der Waals surface area contributed by atoms with Gasteiger partial charge in [-0.1, -0.05) is 58.5 Å². The van der Waals surface area contributed by atoms with Gasteiger partial charge in [-0.3, -0.25) is 20.2 Å². The number of ether oxygens (including phenoxy) is 4. The van der Waals surface area contributed by atoms with Crippen LogP contribution in [-0.4, -0.2) is 72.8 Å². The van der Waals surface area contributed by atoms with Gasteiger partial charge in [0.25, 0.3) is 0 Å². The zero-order chi connectivity index (χ0) is 32.4. The number of aryl methyl sites for hydroxylation is 1. The molecule has 1 aromatic carbocycles. The number of nitrogen functional groups attached to an aromatic ring is 1. The number of hydrogen-bond donors (Lipinski definition) is 2. The van der Waals surface area contributed by atoms with E-state index in [-0.39, 0.29) is 43.9 Å². The highest BCUT2D eigenvalue weighted by atomic mass is 16.7. The number of nitrogens with two attached hydrogens (primary N) is 1. The molecule has 0 aliphatic rings. The Bertz CT molecular complexity index is 1100. The van der Waals surface area contributed by atoms with Crippen LogP contribution in [-0.2, 0) is 32.0 Å². The van der Waals surface area contributed by atoms with Crippen molar-refractivity contribution in [3.05, 3.63) is 79.5 Å². The first-order chi connectivity index (χ1) is 20.4. The Morgan fingerprint density at radius 2 is 1.64 bits per heavy atom. The van der Waals surface area contributed by atoms with Crippen molar-refractivity contribution in [2.45, 2.75) is 85.5 Å². The molecule has 0 spiro atoms. The molecule has 0 radical (unpaired) electrons. The van der Waals surface area contributed by atoms with Crippen molar-refractivity contribution in [2.75, 3.05) is 33.0 Å². The number of hydrogen-bond acceptors (Lipinski definition) is 11. The lowest BCUT2D eigenvalue weighted by atomic mass is 10.0. The van der Waals surface area contributed by atoms with Crippen LogP contribution in [0.2, 0.25) is 0 Å². The molecule has 0 unspecified atom stereocenters. The van der Waals surface area contributed by atoms with E-state index in [0.29, 0.717) is 11.5 Å². The Balaban J connectivity index is 0.000000987. The van der Waals surface area contributed by atoms with Crippen LogP contribution < -0.4 is 11.1 Å². The van der Waals surface area contributed by atoms with Crippen LogP contribution in [0.25, 0.3) is 0 Å². The Labute approximate surface area is 259 Å². The van der Waals surface area contributed by atoms with Crippen molar-refractivity contribution in [1.29, 1.82) is 0 Å². The van der Waals surface area contributed by atoms with Crippen LogP contribution in [0.1, 0.15) is 57.9 Å². The highest BCUT2D eigenvalue weighted by Gasteiger charge is 2.29. The molecule has 2 aromatic rings. The molecule has 248 valence electrons. The maximum absolute atomic E-state index is 12.1. The minimum Gasteiger partial charge on any atom is -0.445 e. The van der Waals surface area contributed by atoms with Gasteiger partial charge in [-0.25, -0.2) is 9.78 Å². The van der Waals surface area contributed by atoms with Gasteiger partial charge in [-0.15, -0.1) is 0 Å². The summed E-state index contributed by atoms with van der Waals surface area (Å²) in [5, 5.41) is 24.0. The summed E-state index contributed by atoms with van der Waals surface area (Å²) in [6.45, 7) is 7.11. The minimum absolute atomic E-state index is 0. The van der Waals surface area contributed by atoms with E-state index in [1.165, 1.54) is 14.2 Å². The predicted molar refractivity (Wildman–Crippen MR) is 167 cm³/mol. The zero-order valence-electron chi connectivity index (χ0n) is 25.8. The molecule has 2 rings (SSSR count). The number of pyridine rings is 1. The smallest absolute Gasteiger partial charge is 0.408 e. The standard InChI is InChI=1S/C19H24N4O5.C10H21NO4.CH4/c1-13-8-15(21-18(20)9-13)10-17(27-2)16(11-23(25)26)22-19(24)28-12-14-6-4-3-5-7-14;1-5-9(6-2)15-10(14-4)8(3)7-11(12)13;/h3-9,16-17H,10-12H2,1-2H3,(H2,20,21)(H,22,24);8-10H,5-7H2,1-4H3;1H4/t16-,17+;8-,10+;/m11./s1. The van der Waals surface area contributed by atoms with Gasteiger partial charge in [0, 0.05) is 36.2 Å². The summed E-state index contributed by atoms with van der Waals surface area (Å²) >= 11 is 0. The van der Waals surface area contributed by atoms with Crippen LogP contribution in [0.3, 0.4) is 0 Å². The van der Waals surface area contributed by atoms with Crippen molar-refractivity contribution < 1.29 is 33.6 Å². The van der Waals surface area contributed by atoms with Gasteiger partial charge in [0.15, 0.2) is 6.29 Å². The normalized spacial score (nSPS) is 13.3. The highest BCUT2D eigenvalue weighted by molar-refractivity contribution is 5.67. The number of aromatic nitrogens is 1. The van der Waals surface area contributed by atoms with E-state index in [0.717, 1.165) is 24.0 Å². The van der Waals surface area contributed by atoms with Crippen LogP contribution in [0, 0.1) is 33.1 Å². The second-order valence-corrected chi connectivity index (χ2v) is 10.0. The topological polar surface area (TPSA) is 191 Å². The molecule has 0 saturated carbocycles. The van der Waals surface area contributed by atoms with Crippen LogP contribution >= 0.6 is 0 Å². The van der Waals surface area contributed by atoms with Gasteiger partial charge in [0.1, 0.15) is 18.5 Å². The average Bonchev–Trinajstić information content (AvgIpc) is 2.95. The Hall–Kier alpha value is -3.88. The van der Waals surface area contributed by atoms with Crippen molar-refractivity contribution in [3.63, 3.8) is 0 Å². The molecule has 0 bridgehead atoms. The molecule has 14 nitrogen and oxygen atoms in total. The van der Waals surface area contributed by atoms with Gasteiger partial charge in [0.05, 0.1) is 18.1 Å². The van der Waals surface area contributed by atoms with Crippen LogP contribution in [0.4, 0.5) is 10.6 Å². The molecule has 0 aliphatic heterocycles. The summed E-state index contributed by atoms with van der Waals surface area (Å²) in [6, 6.07) is 11.8. The van der Waals surface area contributed by atoms with E-state index in [4.69, 9.17) is 24.7 Å². The van der Waals surface area contributed by atoms with Crippen molar-refractivity contribution in [2.24, 2.45) is 5.92 Å². The van der Waals surface area contributed by atoms with Gasteiger partial charge >= 0.3 is 6.09 Å². The molecule has 1 heterocycles. The zero-order valence-corrected chi connectivity index (χ0v) is 25.8. The molecule has 0 aliphatic carbocycles. The fourth-order valence-corrected chi connectivity index (χ4v) is 4.22. The van der Waals surface area contributed by atoms with Crippen molar-refractivity contribution >= 4 is 11.9 Å². The first-order valence-electron chi connectivity index (χ1n) is 14.1. The number of amides is 1. The number of benzene rings is 1. The first kappa shape index (κ1) is 40.1. The Morgan fingerprint density at radius 3 is 2.14 bits per heavy atom. The van der Waals surface area contributed by atoms with E-state index in [9.17, 15) is 25.0 Å². The lowest BCUT2D eigenvalue weighted by Gasteiger charge is -2.25. The number of carbonyl (C=O) groups excluding carboxylic acids is 1. The molecule has 44 heavy (non-hydrogen) atoms. The Kier molecular flexibility index (Phi) is 19.8. The molecule has 1 amide bonds. The van der Waals surface area contributed by atoms with Gasteiger partial charge in [-0.05, 0) is 43.0 Å². The number of anilines is 1. The van der Waals surface area contributed by atoms with Crippen LogP contribution in [0.5, 0.6) is 0 Å². The lowest BCUT2D eigenvalue weighted by molar-refractivity contribution is -0.493. The van der Waals surface area contributed by atoms with Gasteiger partial charge < -0.3 is 30.0 Å². The summed E-state index contributed by atoms with van der Waals surface area (Å²) in [5.74, 6) is 0.122. The predicted octanol–water partition coefficient (Wildman–Crippen LogP) is 4.81. The largest absolute Gasteiger partial charge is 0.445 e. The molecule has 4 atom stereocenters. The average molecular weight is 624 g/mol. The van der Waals surface area contributed by atoms with E-state index < -0.39 is 36.0 Å². The number of methoxy groups -OCH3 is 2. The summed E-state index contributed by atoms with van der Waals surface area (Å²) in [7, 11) is 2.94. The minimum atomic E-state index is -0.896. The third-order valence-electron chi connectivity index (χ3n) is 6.44. The number of alkyl carbamates (subject to hydrolysis) is 1. The second kappa shape index (κ2) is 21.8. The molecular weight excluding hydrogens is 574 g/mol. The monoisotopic (exact) mass is 623 g/mol. The quantitative estimate of drug-likeness (QED) is 0.140. The number of nitro groups is 2. The summed E-state index contributed by atoms with van der Waals surface area (Å²) in [5.41, 5.74) is 8.11. The molecule has 0 fully saturated rings. The van der Waals surface area contributed by atoms with E-state index >= 15 is 0 Å². The maximum atomic E-state index is 12.1. The van der Waals surface area contributed by atoms with E-state index in [1.54, 1.807) is 13.0 Å². The number of rotatable bonds is 17. The fourth-order valence-electron chi connectivity index (χ4n) is 4.22. The third-order valence-corrected chi connectivity index (χ3v) is 6.44. The second-order valence-electron chi connectivity index (χ2n) is 10.0.